The zero-order valence-corrected chi connectivity index (χ0v) is 12.8. The van der Waals surface area contributed by atoms with E-state index in [-0.39, 0.29) is 5.91 Å². The summed E-state index contributed by atoms with van der Waals surface area (Å²) in [6, 6.07) is 7.72. The summed E-state index contributed by atoms with van der Waals surface area (Å²) in [5.41, 5.74) is 0.766. The monoisotopic (exact) mass is 357 g/mol. The summed E-state index contributed by atoms with van der Waals surface area (Å²) in [5, 5.41) is 3.01. The van der Waals surface area contributed by atoms with E-state index in [2.05, 4.69) is 27.9 Å². The van der Waals surface area contributed by atoms with Crippen LogP contribution >= 0.6 is 22.6 Å². The minimum absolute atomic E-state index is 0.0555. The summed E-state index contributed by atoms with van der Waals surface area (Å²) in [7, 11) is 0. The second-order valence-corrected chi connectivity index (χ2v) is 6.30. The maximum absolute atomic E-state index is 11.9. The number of carbonyl (C=O) groups is 1. The van der Waals surface area contributed by atoms with Crippen LogP contribution in [-0.2, 0) is 0 Å². The van der Waals surface area contributed by atoms with Gasteiger partial charge in [0.2, 0.25) is 0 Å². The van der Waals surface area contributed by atoms with E-state index in [1.807, 2.05) is 24.3 Å². The van der Waals surface area contributed by atoms with Crippen LogP contribution in [0.2, 0.25) is 0 Å². The Bertz CT molecular complexity index is 399. The molecular formula is C15H20INO. The van der Waals surface area contributed by atoms with Crippen LogP contribution in [0.1, 0.15) is 48.9 Å². The van der Waals surface area contributed by atoms with Crippen LogP contribution in [-0.4, -0.2) is 12.5 Å². The van der Waals surface area contributed by atoms with Gasteiger partial charge in [0.05, 0.1) is 0 Å². The molecule has 1 amide bonds. The maximum atomic E-state index is 11.9. The highest BCUT2D eigenvalue weighted by Crippen LogP contribution is 2.28. The van der Waals surface area contributed by atoms with Crippen molar-refractivity contribution in [3.63, 3.8) is 0 Å². The molecule has 0 aromatic heterocycles. The lowest BCUT2D eigenvalue weighted by atomic mass is 10.0. The van der Waals surface area contributed by atoms with E-state index in [1.54, 1.807) is 0 Å². The van der Waals surface area contributed by atoms with E-state index < -0.39 is 0 Å². The second-order valence-electron chi connectivity index (χ2n) is 5.06. The van der Waals surface area contributed by atoms with Crippen molar-refractivity contribution in [1.29, 1.82) is 0 Å². The third-order valence-electron chi connectivity index (χ3n) is 3.64. The fourth-order valence-electron chi connectivity index (χ4n) is 2.62. The molecule has 0 atom stereocenters. The topological polar surface area (TPSA) is 29.1 Å². The van der Waals surface area contributed by atoms with E-state index >= 15 is 0 Å². The fraction of sp³-hybridized carbons (Fsp3) is 0.533. The molecule has 1 aromatic rings. The second kappa shape index (κ2) is 7.12. The molecule has 1 aliphatic carbocycles. The molecule has 0 saturated heterocycles. The summed E-state index contributed by atoms with van der Waals surface area (Å²) in [6.45, 7) is 0.806. The molecule has 0 radical (unpaired) electrons. The normalized spacial score (nSPS) is 15.8. The molecule has 0 unspecified atom stereocenters. The molecule has 0 aliphatic heterocycles. The zero-order chi connectivity index (χ0) is 12.8. The molecule has 1 aromatic carbocycles. The Morgan fingerprint density at radius 3 is 2.83 bits per heavy atom. The average molecular weight is 357 g/mol. The first-order chi connectivity index (χ1) is 8.75. The van der Waals surface area contributed by atoms with Crippen LogP contribution in [0.4, 0.5) is 0 Å². The molecule has 1 N–H and O–H groups in total. The van der Waals surface area contributed by atoms with Gasteiger partial charge in [-0.2, -0.15) is 0 Å². The number of rotatable bonds is 5. The van der Waals surface area contributed by atoms with Gasteiger partial charge < -0.3 is 5.32 Å². The third-order valence-corrected chi connectivity index (χ3v) is 4.31. The van der Waals surface area contributed by atoms with Crippen molar-refractivity contribution in [3.05, 3.63) is 33.4 Å². The summed E-state index contributed by atoms with van der Waals surface area (Å²) >= 11 is 2.23. The smallest absolute Gasteiger partial charge is 0.251 e. The molecule has 18 heavy (non-hydrogen) atoms. The lowest BCUT2D eigenvalue weighted by Gasteiger charge is -2.09. The Hall–Kier alpha value is -0.580. The van der Waals surface area contributed by atoms with Gasteiger partial charge in [0.15, 0.2) is 0 Å². The molecule has 98 valence electrons. The number of amides is 1. The minimum atomic E-state index is 0.0555. The van der Waals surface area contributed by atoms with Gasteiger partial charge in [-0.05, 0) is 59.5 Å². The van der Waals surface area contributed by atoms with E-state index in [4.69, 9.17) is 0 Å². The summed E-state index contributed by atoms with van der Waals surface area (Å²) < 4.78 is 1.10. The van der Waals surface area contributed by atoms with Crippen molar-refractivity contribution in [2.45, 2.75) is 38.5 Å². The van der Waals surface area contributed by atoms with Crippen LogP contribution < -0.4 is 5.32 Å². The minimum Gasteiger partial charge on any atom is -0.352 e. The standard InChI is InChI=1S/C15H20INO/c16-14-9-3-8-13(11-14)15(18)17-10-4-7-12-5-1-2-6-12/h3,8-9,11-12H,1-2,4-7,10H2,(H,17,18). The summed E-state index contributed by atoms with van der Waals surface area (Å²) in [6.07, 6.45) is 7.97. The van der Waals surface area contributed by atoms with Crippen molar-refractivity contribution in [1.82, 2.24) is 5.32 Å². The van der Waals surface area contributed by atoms with Crippen molar-refractivity contribution in [2.75, 3.05) is 6.54 Å². The largest absolute Gasteiger partial charge is 0.352 e. The Kier molecular flexibility index (Phi) is 5.47. The van der Waals surface area contributed by atoms with E-state index in [0.717, 1.165) is 28.0 Å². The number of nitrogens with one attached hydrogen (secondary N) is 1. The summed E-state index contributed by atoms with van der Waals surface area (Å²) in [5.74, 6) is 0.972. The molecule has 0 bridgehead atoms. The van der Waals surface area contributed by atoms with Gasteiger partial charge in [0.25, 0.3) is 5.91 Å². The molecule has 2 nitrogen and oxygen atoms in total. The lowest BCUT2D eigenvalue weighted by molar-refractivity contribution is 0.0952. The predicted molar refractivity (Wildman–Crippen MR) is 82.7 cm³/mol. The first-order valence-corrected chi connectivity index (χ1v) is 7.87. The maximum Gasteiger partial charge on any atom is 0.251 e. The van der Waals surface area contributed by atoms with Gasteiger partial charge in [0, 0.05) is 15.7 Å². The van der Waals surface area contributed by atoms with Crippen molar-refractivity contribution in [2.24, 2.45) is 5.92 Å². The first-order valence-electron chi connectivity index (χ1n) is 6.79. The molecule has 1 saturated carbocycles. The highest BCUT2D eigenvalue weighted by atomic mass is 127. The van der Waals surface area contributed by atoms with Crippen molar-refractivity contribution >= 4 is 28.5 Å². The van der Waals surface area contributed by atoms with Crippen LogP contribution in [0.5, 0.6) is 0 Å². The molecule has 0 spiro atoms. The zero-order valence-electron chi connectivity index (χ0n) is 10.6. The van der Waals surface area contributed by atoms with Gasteiger partial charge in [0.1, 0.15) is 0 Å². The van der Waals surface area contributed by atoms with Crippen molar-refractivity contribution in [3.8, 4) is 0 Å². The van der Waals surface area contributed by atoms with Gasteiger partial charge in [-0.3, -0.25) is 4.79 Å². The summed E-state index contributed by atoms with van der Waals surface area (Å²) in [4.78, 5) is 11.9. The quantitative estimate of drug-likeness (QED) is 0.627. The number of carbonyl (C=O) groups excluding carboxylic acids is 1. The predicted octanol–water partition coefficient (Wildman–Crippen LogP) is 3.99. The van der Waals surface area contributed by atoms with E-state index in [9.17, 15) is 4.79 Å². The number of hydrogen-bond donors (Lipinski definition) is 1. The SMILES string of the molecule is O=C(NCCCC1CCCC1)c1cccc(I)c1. The number of benzene rings is 1. The Morgan fingerprint density at radius 2 is 2.11 bits per heavy atom. The van der Waals surface area contributed by atoms with E-state index in [1.165, 1.54) is 32.1 Å². The highest BCUT2D eigenvalue weighted by molar-refractivity contribution is 14.1. The van der Waals surface area contributed by atoms with Gasteiger partial charge >= 0.3 is 0 Å². The molecule has 1 aliphatic rings. The van der Waals surface area contributed by atoms with Gasteiger partial charge in [-0.15, -0.1) is 0 Å². The number of halogens is 1. The Labute approximate surface area is 123 Å². The van der Waals surface area contributed by atoms with Crippen LogP contribution in [0.3, 0.4) is 0 Å². The van der Waals surface area contributed by atoms with E-state index in [0.29, 0.717) is 0 Å². The molecular weight excluding hydrogens is 337 g/mol. The fourth-order valence-corrected chi connectivity index (χ4v) is 3.17. The van der Waals surface area contributed by atoms with Crippen LogP contribution in [0.25, 0.3) is 0 Å². The Balaban J connectivity index is 1.68. The molecule has 1 fully saturated rings. The number of hydrogen-bond acceptors (Lipinski definition) is 1. The highest BCUT2D eigenvalue weighted by Gasteiger charge is 2.14. The third kappa shape index (κ3) is 4.26. The Morgan fingerprint density at radius 1 is 1.33 bits per heavy atom. The molecule has 2 rings (SSSR count). The first kappa shape index (κ1) is 13.8. The van der Waals surface area contributed by atoms with Crippen LogP contribution in [0, 0.1) is 9.49 Å². The van der Waals surface area contributed by atoms with Crippen LogP contribution in [0.15, 0.2) is 24.3 Å². The van der Waals surface area contributed by atoms with Crippen molar-refractivity contribution < 1.29 is 4.79 Å². The molecule has 3 heteroatoms. The lowest BCUT2D eigenvalue weighted by Crippen LogP contribution is -2.24. The van der Waals surface area contributed by atoms with Gasteiger partial charge in [-0.25, -0.2) is 0 Å². The molecule has 0 heterocycles. The average Bonchev–Trinajstić information content (AvgIpc) is 2.87. The van der Waals surface area contributed by atoms with Gasteiger partial charge in [-0.1, -0.05) is 31.7 Å².